The highest BCUT2D eigenvalue weighted by Gasteiger charge is 2.21. The summed E-state index contributed by atoms with van der Waals surface area (Å²) in [6.45, 7) is 0.549. The van der Waals surface area contributed by atoms with Crippen molar-refractivity contribution >= 4 is 30.1 Å². The summed E-state index contributed by atoms with van der Waals surface area (Å²) in [7, 11) is 1.46. The summed E-state index contributed by atoms with van der Waals surface area (Å²) < 4.78 is 26.9. The van der Waals surface area contributed by atoms with Crippen LogP contribution in [-0.2, 0) is 0 Å². The number of hydrogen-bond acceptors (Lipinski definition) is 3. The van der Waals surface area contributed by atoms with Gasteiger partial charge in [-0.2, -0.15) is 0 Å². The number of anilines is 1. The number of para-hydroxylation sites is 1. The van der Waals surface area contributed by atoms with Crippen molar-refractivity contribution in [2.75, 3.05) is 19.0 Å². The molecule has 0 aromatic heterocycles. The first-order valence-corrected chi connectivity index (χ1v) is 6.59. The van der Waals surface area contributed by atoms with Gasteiger partial charge in [0.05, 0.1) is 0 Å². The topological polar surface area (TPSA) is 77.5 Å². The minimum absolute atomic E-state index is 0. The molecule has 0 spiro atoms. The molecule has 122 valence electrons. The second kappa shape index (κ2) is 8.38. The van der Waals surface area contributed by atoms with Gasteiger partial charge in [0, 0.05) is 13.6 Å². The number of amides is 2. The van der Waals surface area contributed by atoms with Crippen molar-refractivity contribution in [2.45, 2.75) is 12.8 Å². The van der Waals surface area contributed by atoms with Crippen molar-refractivity contribution in [3.63, 3.8) is 0 Å². The summed E-state index contributed by atoms with van der Waals surface area (Å²) in [6.07, 6.45) is 2.21. The highest BCUT2D eigenvalue weighted by atomic mass is 35.5. The molecule has 22 heavy (non-hydrogen) atoms. The lowest BCUT2D eigenvalue weighted by atomic mass is 10.3. The molecular weight excluding hydrogens is 316 g/mol. The van der Waals surface area contributed by atoms with Gasteiger partial charge in [0.25, 0.3) is 0 Å². The van der Waals surface area contributed by atoms with Crippen molar-refractivity contribution in [1.29, 1.82) is 0 Å². The molecule has 6 nitrogen and oxygen atoms in total. The van der Waals surface area contributed by atoms with E-state index >= 15 is 0 Å². The molecule has 2 amide bonds. The number of urea groups is 1. The van der Waals surface area contributed by atoms with E-state index in [2.05, 4.69) is 26.5 Å². The van der Waals surface area contributed by atoms with Gasteiger partial charge in [-0.1, -0.05) is 6.07 Å². The van der Waals surface area contributed by atoms with Gasteiger partial charge in [0.1, 0.15) is 5.69 Å². The Balaban J connectivity index is 0.00000242. The van der Waals surface area contributed by atoms with E-state index in [1.54, 1.807) is 0 Å². The van der Waals surface area contributed by atoms with Crippen molar-refractivity contribution in [3.05, 3.63) is 29.8 Å². The molecule has 0 aliphatic heterocycles. The van der Waals surface area contributed by atoms with Crippen molar-refractivity contribution in [1.82, 2.24) is 16.1 Å². The second-order valence-electron chi connectivity index (χ2n) is 4.68. The highest BCUT2D eigenvalue weighted by molar-refractivity contribution is 5.96. The molecule has 1 fully saturated rings. The number of hydrogen-bond donors (Lipinski definition) is 4. The maximum absolute atomic E-state index is 13.5. The number of rotatable bonds is 4. The van der Waals surface area contributed by atoms with Gasteiger partial charge >= 0.3 is 6.03 Å². The van der Waals surface area contributed by atoms with Gasteiger partial charge in [0.2, 0.25) is 5.96 Å². The number of benzene rings is 1. The number of carbonyl (C=O) groups excluding carboxylic acids is 1. The molecule has 0 saturated heterocycles. The molecule has 0 radical (unpaired) electrons. The molecule has 1 aliphatic carbocycles. The second-order valence-corrected chi connectivity index (χ2v) is 4.68. The smallest absolute Gasteiger partial charge is 0.321 e. The molecular formula is C13H18ClF2N5O. The lowest BCUT2D eigenvalue weighted by molar-refractivity contribution is 0.247. The molecule has 0 heterocycles. The normalized spacial score (nSPS) is 13.9. The Bertz CT molecular complexity index is 531. The van der Waals surface area contributed by atoms with Crippen LogP contribution in [-0.4, -0.2) is 25.6 Å². The van der Waals surface area contributed by atoms with Crippen LogP contribution in [0.5, 0.6) is 0 Å². The molecule has 2 rings (SSSR count). The van der Waals surface area contributed by atoms with Gasteiger partial charge in [-0.25, -0.2) is 13.6 Å². The van der Waals surface area contributed by atoms with Crippen LogP contribution in [0.25, 0.3) is 0 Å². The number of aliphatic imine (C=N–C) groups is 1. The zero-order valence-electron chi connectivity index (χ0n) is 12.0. The molecule has 0 bridgehead atoms. The van der Waals surface area contributed by atoms with E-state index < -0.39 is 17.7 Å². The van der Waals surface area contributed by atoms with Crippen LogP contribution >= 0.6 is 12.4 Å². The summed E-state index contributed by atoms with van der Waals surface area (Å²) in [5, 5.41) is 4.81. The average Bonchev–Trinajstić information content (AvgIpc) is 3.27. The predicted octanol–water partition coefficient (Wildman–Crippen LogP) is 2.00. The standard InChI is InChI=1S/C13H17F2N5O.ClH/c1-16-13(21)18-12(17-7-8-5-6-8)20-19-11-9(14)3-2-4-10(11)15;/h2-4,8,19H,5-7H2,1H3,(H3,16,17,18,20,21);1H. The van der Waals surface area contributed by atoms with E-state index in [-0.39, 0.29) is 24.1 Å². The fourth-order valence-corrected chi connectivity index (χ4v) is 1.54. The van der Waals surface area contributed by atoms with Crippen molar-refractivity contribution < 1.29 is 13.6 Å². The average molecular weight is 334 g/mol. The van der Waals surface area contributed by atoms with Gasteiger partial charge in [-0.3, -0.25) is 21.2 Å². The minimum atomic E-state index is -0.746. The quantitative estimate of drug-likeness (QED) is 0.387. The van der Waals surface area contributed by atoms with E-state index in [1.807, 2.05) is 0 Å². The fourth-order valence-electron chi connectivity index (χ4n) is 1.54. The SMILES string of the molecule is CNC(=O)NC(=NCC1CC1)NNc1c(F)cccc1F.Cl. The maximum Gasteiger partial charge on any atom is 0.321 e. The third kappa shape index (κ3) is 5.36. The zero-order chi connectivity index (χ0) is 15.2. The van der Waals surface area contributed by atoms with Gasteiger partial charge in [-0.05, 0) is 30.9 Å². The van der Waals surface area contributed by atoms with E-state index in [9.17, 15) is 13.6 Å². The van der Waals surface area contributed by atoms with Crippen LogP contribution in [0.15, 0.2) is 23.2 Å². The number of halogens is 3. The van der Waals surface area contributed by atoms with E-state index in [0.29, 0.717) is 12.5 Å². The Morgan fingerprint density at radius 3 is 2.50 bits per heavy atom. The molecule has 4 N–H and O–H groups in total. The first-order valence-electron chi connectivity index (χ1n) is 6.59. The molecule has 0 atom stereocenters. The fraction of sp³-hybridized carbons (Fsp3) is 0.385. The lowest BCUT2D eigenvalue weighted by Crippen LogP contribution is -2.47. The third-order valence-corrected chi connectivity index (χ3v) is 2.93. The number of carbonyl (C=O) groups is 1. The number of guanidine groups is 1. The summed E-state index contributed by atoms with van der Waals surface area (Å²) in [5.74, 6) is -0.879. The first kappa shape index (κ1) is 18.0. The number of nitrogens with zero attached hydrogens (tertiary/aromatic N) is 1. The van der Waals surface area contributed by atoms with Gasteiger partial charge in [0.15, 0.2) is 11.6 Å². The van der Waals surface area contributed by atoms with E-state index in [0.717, 1.165) is 25.0 Å². The lowest BCUT2D eigenvalue weighted by Gasteiger charge is -2.14. The van der Waals surface area contributed by atoms with E-state index in [4.69, 9.17) is 0 Å². The summed E-state index contributed by atoms with van der Waals surface area (Å²) in [4.78, 5) is 15.5. The zero-order valence-corrected chi connectivity index (χ0v) is 12.8. The van der Waals surface area contributed by atoms with Gasteiger partial charge in [-0.15, -0.1) is 12.4 Å². The van der Waals surface area contributed by atoms with Gasteiger partial charge < -0.3 is 5.32 Å². The van der Waals surface area contributed by atoms with Crippen LogP contribution in [0.2, 0.25) is 0 Å². The summed E-state index contributed by atoms with van der Waals surface area (Å²) >= 11 is 0. The maximum atomic E-state index is 13.5. The van der Waals surface area contributed by atoms with E-state index in [1.165, 1.54) is 13.1 Å². The molecule has 1 aliphatic rings. The van der Waals surface area contributed by atoms with Crippen LogP contribution in [0.4, 0.5) is 19.3 Å². The van der Waals surface area contributed by atoms with Crippen LogP contribution in [0.1, 0.15) is 12.8 Å². The molecule has 1 saturated carbocycles. The van der Waals surface area contributed by atoms with Crippen LogP contribution in [0, 0.1) is 17.6 Å². The Labute approximate surface area is 133 Å². The van der Waals surface area contributed by atoms with Crippen LogP contribution in [0.3, 0.4) is 0 Å². The number of nitrogens with one attached hydrogen (secondary N) is 4. The predicted molar refractivity (Wildman–Crippen MR) is 83.0 cm³/mol. The molecule has 9 heteroatoms. The summed E-state index contributed by atoms with van der Waals surface area (Å²) in [5.41, 5.74) is 4.56. The van der Waals surface area contributed by atoms with Crippen molar-refractivity contribution in [3.8, 4) is 0 Å². The largest absolute Gasteiger partial charge is 0.341 e. The Morgan fingerprint density at radius 2 is 1.95 bits per heavy atom. The molecule has 1 aromatic rings. The van der Waals surface area contributed by atoms with Crippen LogP contribution < -0.4 is 21.5 Å². The number of hydrazine groups is 1. The van der Waals surface area contributed by atoms with Crippen molar-refractivity contribution in [2.24, 2.45) is 10.9 Å². The Kier molecular flexibility index (Phi) is 6.84. The minimum Gasteiger partial charge on any atom is -0.341 e. The third-order valence-electron chi connectivity index (χ3n) is 2.93. The summed E-state index contributed by atoms with van der Waals surface area (Å²) in [6, 6.07) is 3.04. The molecule has 1 aromatic carbocycles. The highest BCUT2D eigenvalue weighted by Crippen LogP contribution is 2.28. The molecule has 0 unspecified atom stereocenters. The monoisotopic (exact) mass is 333 g/mol. The Morgan fingerprint density at radius 1 is 1.32 bits per heavy atom. The Hall–Kier alpha value is -2.09. The first-order chi connectivity index (χ1) is 10.1.